The molecule has 5 nitrogen and oxygen atoms in total. The molecule has 0 fully saturated rings. The second-order valence-electron chi connectivity index (χ2n) is 8.01. The molecule has 1 atom stereocenters. The molecule has 1 amide bonds. The van der Waals surface area contributed by atoms with Gasteiger partial charge in [0.25, 0.3) is 5.91 Å². The van der Waals surface area contributed by atoms with Crippen molar-refractivity contribution in [1.82, 2.24) is 9.88 Å². The van der Waals surface area contributed by atoms with E-state index in [1.807, 2.05) is 48.5 Å². The summed E-state index contributed by atoms with van der Waals surface area (Å²) >= 11 is 0. The maximum atomic E-state index is 13.1. The van der Waals surface area contributed by atoms with E-state index in [0.717, 1.165) is 22.4 Å². The van der Waals surface area contributed by atoms with Crippen molar-refractivity contribution in [2.45, 2.75) is 32.4 Å². The van der Waals surface area contributed by atoms with Crippen molar-refractivity contribution in [2.75, 3.05) is 7.11 Å². The molecule has 1 aromatic heterocycles. The first-order chi connectivity index (χ1) is 15.0. The third-order valence-electron chi connectivity index (χ3n) is 5.70. The molecule has 0 saturated heterocycles. The Bertz CT molecular complexity index is 1090. The van der Waals surface area contributed by atoms with Gasteiger partial charge in [-0.15, -0.1) is 0 Å². The van der Waals surface area contributed by atoms with Crippen LogP contribution in [0.1, 0.15) is 48.1 Å². The molecular formula is C26H26N2O3. The minimum absolute atomic E-state index is 0.216. The van der Waals surface area contributed by atoms with E-state index in [9.17, 15) is 9.90 Å². The van der Waals surface area contributed by atoms with Crippen LogP contribution in [0.3, 0.4) is 0 Å². The Hall–Kier alpha value is -3.60. The number of aromatic nitrogens is 1. The quantitative estimate of drug-likeness (QED) is 0.597. The van der Waals surface area contributed by atoms with Crippen LogP contribution in [-0.2, 0) is 11.3 Å². The SMILES string of the molecule is COc1ccc(C2=C(O)C(=O)N(Cc3cccnc3)C2c2ccc(C(C)C)cc2)cc1. The van der Waals surface area contributed by atoms with E-state index in [1.165, 1.54) is 5.56 Å². The maximum Gasteiger partial charge on any atom is 0.290 e. The number of rotatable bonds is 6. The summed E-state index contributed by atoms with van der Waals surface area (Å²) < 4.78 is 5.26. The van der Waals surface area contributed by atoms with Crippen LogP contribution in [0.15, 0.2) is 78.8 Å². The first kappa shape index (κ1) is 20.7. The number of benzene rings is 2. The van der Waals surface area contributed by atoms with Gasteiger partial charge in [0.2, 0.25) is 0 Å². The molecule has 0 spiro atoms. The fourth-order valence-corrected chi connectivity index (χ4v) is 3.98. The van der Waals surface area contributed by atoms with Crippen molar-refractivity contribution < 1.29 is 14.6 Å². The highest BCUT2D eigenvalue weighted by atomic mass is 16.5. The number of aliphatic hydroxyl groups excluding tert-OH is 1. The lowest BCUT2D eigenvalue weighted by molar-refractivity contribution is -0.130. The van der Waals surface area contributed by atoms with Crippen molar-refractivity contribution in [3.63, 3.8) is 0 Å². The van der Waals surface area contributed by atoms with Gasteiger partial charge in [-0.2, -0.15) is 0 Å². The van der Waals surface area contributed by atoms with E-state index in [4.69, 9.17) is 4.74 Å². The number of nitrogens with zero attached hydrogens (tertiary/aromatic N) is 2. The highest BCUT2D eigenvalue weighted by Gasteiger charge is 2.41. The lowest BCUT2D eigenvalue weighted by atomic mass is 9.91. The van der Waals surface area contributed by atoms with Crippen LogP contribution in [0.4, 0.5) is 0 Å². The van der Waals surface area contributed by atoms with Crippen molar-refractivity contribution >= 4 is 11.5 Å². The zero-order valence-electron chi connectivity index (χ0n) is 17.9. The van der Waals surface area contributed by atoms with Gasteiger partial charge in [-0.05, 0) is 46.4 Å². The number of hydrogen-bond acceptors (Lipinski definition) is 4. The van der Waals surface area contributed by atoms with E-state index >= 15 is 0 Å². The first-order valence-electron chi connectivity index (χ1n) is 10.4. The predicted molar refractivity (Wildman–Crippen MR) is 121 cm³/mol. The minimum Gasteiger partial charge on any atom is -0.503 e. The lowest BCUT2D eigenvalue weighted by Crippen LogP contribution is -2.29. The van der Waals surface area contributed by atoms with Gasteiger partial charge in [0.15, 0.2) is 5.76 Å². The van der Waals surface area contributed by atoms with E-state index in [1.54, 1.807) is 24.4 Å². The highest BCUT2D eigenvalue weighted by Crippen LogP contribution is 2.44. The summed E-state index contributed by atoms with van der Waals surface area (Å²) in [6.45, 7) is 4.65. The van der Waals surface area contributed by atoms with Crippen molar-refractivity contribution in [3.05, 3.63) is 101 Å². The molecule has 0 saturated carbocycles. The molecule has 0 bridgehead atoms. The average molecular weight is 415 g/mol. The molecule has 31 heavy (non-hydrogen) atoms. The number of ether oxygens (including phenoxy) is 1. The van der Waals surface area contributed by atoms with Crippen LogP contribution in [0.5, 0.6) is 5.75 Å². The molecule has 0 radical (unpaired) electrons. The summed E-state index contributed by atoms with van der Waals surface area (Å²) in [5.41, 5.74) is 4.48. The third kappa shape index (κ3) is 4.04. The molecule has 1 aliphatic rings. The van der Waals surface area contributed by atoms with Crippen molar-refractivity contribution in [2.24, 2.45) is 0 Å². The molecule has 3 aromatic rings. The molecule has 5 heteroatoms. The summed E-state index contributed by atoms with van der Waals surface area (Å²) in [5.74, 6) is 0.536. The van der Waals surface area contributed by atoms with E-state index in [-0.39, 0.29) is 11.7 Å². The Morgan fingerprint density at radius 3 is 2.35 bits per heavy atom. The number of hydrogen-bond donors (Lipinski definition) is 1. The zero-order chi connectivity index (χ0) is 22.0. The van der Waals surface area contributed by atoms with E-state index in [2.05, 4.69) is 31.0 Å². The van der Waals surface area contributed by atoms with Crippen molar-refractivity contribution in [1.29, 1.82) is 0 Å². The van der Waals surface area contributed by atoms with Gasteiger partial charge in [-0.3, -0.25) is 9.78 Å². The summed E-state index contributed by atoms with van der Waals surface area (Å²) in [4.78, 5) is 19.0. The Kier molecular flexibility index (Phi) is 5.76. The normalized spacial score (nSPS) is 16.3. The molecule has 4 rings (SSSR count). The van der Waals surface area contributed by atoms with Crippen LogP contribution in [0.2, 0.25) is 0 Å². The van der Waals surface area contributed by atoms with Gasteiger partial charge in [-0.25, -0.2) is 0 Å². The Balaban J connectivity index is 1.79. The Morgan fingerprint density at radius 1 is 1.06 bits per heavy atom. The third-order valence-corrected chi connectivity index (χ3v) is 5.70. The van der Waals surface area contributed by atoms with Gasteiger partial charge < -0.3 is 14.7 Å². The fraction of sp³-hybridized carbons (Fsp3) is 0.231. The van der Waals surface area contributed by atoms with Crippen LogP contribution >= 0.6 is 0 Å². The van der Waals surface area contributed by atoms with Crippen LogP contribution in [0, 0.1) is 0 Å². The smallest absolute Gasteiger partial charge is 0.290 e. The first-order valence-corrected chi connectivity index (χ1v) is 10.4. The van der Waals surface area contributed by atoms with Crippen LogP contribution < -0.4 is 4.74 Å². The second kappa shape index (κ2) is 8.64. The summed E-state index contributed by atoms with van der Waals surface area (Å²) in [6, 6.07) is 19.1. The number of carbonyl (C=O) groups is 1. The summed E-state index contributed by atoms with van der Waals surface area (Å²) in [6.07, 6.45) is 3.45. The highest BCUT2D eigenvalue weighted by molar-refractivity contribution is 6.05. The van der Waals surface area contributed by atoms with Gasteiger partial charge in [0.05, 0.1) is 13.2 Å². The molecule has 158 valence electrons. The molecule has 1 unspecified atom stereocenters. The van der Waals surface area contributed by atoms with Crippen LogP contribution in [0.25, 0.3) is 5.57 Å². The van der Waals surface area contributed by atoms with Crippen LogP contribution in [-0.4, -0.2) is 28.0 Å². The molecule has 0 aliphatic carbocycles. The fourth-order valence-electron chi connectivity index (χ4n) is 3.98. The number of carbonyl (C=O) groups excluding carboxylic acids is 1. The maximum absolute atomic E-state index is 13.1. The average Bonchev–Trinajstić information content (AvgIpc) is 3.05. The molecule has 2 heterocycles. The standard InChI is InChI=1S/C26H26N2O3/c1-17(2)19-6-8-21(9-7-19)24-23(20-10-12-22(31-3)13-11-20)25(29)26(30)28(24)16-18-5-4-14-27-15-18/h4-15,17,24,29H,16H2,1-3H3. The van der Waals surface area contributed by atoms with Gasteiger partial charge in [-0.1, -0.05) is 56.3 Å². The predicted octanol–water partition coefficient (Wildman–Crippen LogP) is 5.27. The van der Waals surface area contributed by atoms with Crippen molar-refractivity contribution in [3.8, 4) is 5.75 Å². The number of aliphatic hydroxyl groups is 1. The van der Waals surface area contributed by atoms with E-state index < -0.39 is 6.04 Å². The van der Waals surface area contributed by atoms with Gasteiger partial charge >= 0.3 is 0 Å². The summed E-state index contributed by atoms with van der Waals surface area (Å²) in [7, 11) is 1.61. The summed E-state index contributed by atoms with van der Waals surface area (Å²) in [5, 5.41) is 10.9. The minimum atomic E-state index is -0.401. The topological polar surface area (TPSA) is 62.7 Å². The molecule has 1 N–H and O–H groups in total. The monoisotopic (exact) mass is 414 g/mol. The number of amides is 1. The van der Waals surface area contributed by atoms with E-state index in [0.29, 0.717) is 18.0 Å². The zero-order valence-corrected chi connectivity index (χ0v) is 17.9. The largest absolute Gasteiger partial charge is 0.503 e. The van der Waals surface area contributed by atoms with Gasteiger partial charge in [0.1, 0.15) is 5.75 Å². The Labute approximate surface area is 182 Å². The number of methoxy groups -OCH3 is 1. The van der Waals surface area contributed by atoms with Gasteiger partial charge in [0, 0.05) is 24.5 Å². The second-order valence-corrected chi connectivity index (χ2v) is 8.01. The lowest BCUT2D eigenvalue weighted by Gasteiger charge is -2.27. The Morgan fingerprint density at radius 2 is 1.77 bits per heavy atom. The molecule has 1 aliphatic heterocycles. The molecular weight excluding hydrogens is 388 g/mol. The molecule has 2 aromatic carbocycles. The number of pyridine rings is 1.